The topological polar surface area (TPSA) is 85.2 Å². The minimum Gasteiger partial charge on any atom is -0.356 e. The number of rotatable bonds is 9. The second-order valence-electron chi connectivity index (χ2n) is 8.09. The average molecular weight is 417 g/mol. The summed E-state index contributed by atoms with van der Waals surface area (Å²) >= 11 is 1.56. The van der Waals surface area contributed by atoms with Crippen molar-refractivity contribution < 1.29 is 9.59 Å². The van der Waals surface area contributed by atoms with Crippen LogP contribution in [-0.2, 0) is 22.4 Å². The molecule has 0 spiro atoms. The van der Waals surface area contributed by atoms with E-state index in [-0.39, 0.29) is 17.7 Å². The van der Waals surface area contributed by atoms with E-state index in [9.17, 15) is 14.9 Å². The SMILES string of the molecule is CCCCCNC(=O)C1CCN(CCC(=O)Nc2sc3c(c2C#N)CCC3)CC1. The molecule has 2 amide bonds. The number of piperidine rings is 1. The maximum Gasteiger partial charge on any atom is 0.226 e. The van der Waals surface area contributed by atoms with Crippen molar-refractivity contribution in [1.29, 1.82) is 5.26 Å². The lowest BCUT2D eigenvalue weighted by molar-refractivity contribution is -0.126. The van der Waals surface area contributed by atoms with Crippen LogP contribution >= 0.6 is 11.3 Å². The summed E-state index contributed by atoms with van der Waals surface area (Å²) in [5.74, 6) is 0.263. The summed E-state index contributed by atoms with van der Waals surface area (Å²) in [5.41, 5.74) is 1.81. The van der Waals surface area contributed by atoms with Crippen LogP contribution < -0.4 is 10.6 Å². The molecule has 158 valence electrons. The van der Waals surface area contributed by atoms with E-state index in [4.69, 9.17) is 0 Å². The first kappa shape index (κ1) is 21.8. The Kier molecular flexibility index (Phi) is 8.08. The number of aryl methyl sites for hydroxylation is 1. The quantitative estimate of drug-likeness (QED) is 0.604. The average Bonchev–Trinajstić information content (AvgIpc) is 3.30. The van der Waals surface area contributed by atoms with E-state index in [1.807, 2.05) is 0 Å². The van der Waals surface area contributed by atoms with Crippen molar-refractivity contribution in [2.45, 2.75) is 64.7 Å². The number of hydrogen-bond donors (Lipinski definition) is 2. The summed E-state index contributed by atoms with van der Waals surface area (Å²) in [6, 6.07) is 2.27. The number of anilines is 1. The molecule has 2 N–H and O–H groups in total. The molecule has 0 radical (unpaired) electrons. The highest BCUT2D eigenvalue weighted by Crippen LogP contribution is 2.38. The molecule has 0 aromatic carbocycles. The predicted octanol–water partition coefficient (Wildman–Crippen LogP) is 3.46. The summed E-state index contributed by atoms with van der Waals surface area (Å²) in [4.78, 5) is 28.1. The molecule has 0 bridgehead atoms. The Bertz CT molecular complexity index is 760. The molecular formula is C22H32N4O2S. The zero-order chi connectivity index (χ0) is 20.6. The van der Waals surface area contributed by atoms with Crippen molar-refractivity contribution in [3.63, 3.8) is 0 Å². The molecule has 7 heteroatoms. The molecule has 2 aliphatic rings. The highest BCUT2D eigenvalue weighted by atomic mass is 32.1. The Morgan fingerprint density at radius 1 is 1.24 bits per heavy atom. The predicted molar refractivity (Wildman–Crippen MR) is 116 cm³/mol. The first-order valence-electron chi connectivity index (χ1n) is 11.0. The number of nitrogens with one attached hydrogen (secondary N) is 2. The lowest BCUT2D eigenvalue weighted by atomic mass is 9.95. The third-order valence-corrected chi connectivity index (χ3v) is 7.19. The minimum absolute atomic E-state index is 0.0304. The standard InChI is InChI=1S/C22H32N4O2S/c1-2-3-4-11-24-21(28)16-8-12-26(13-9-16)14-10-20(27)25-22-18(15-23)17-6-5-7-19(17)29-22/h16H,2-14H2,1H3,(H,24,28)(H,25,27). The van der Waals surface area contributed by atoms with Crippen LogP contribution in [0.25, 0.3) is 0 Å². The summed E-state index contributed by atoms with van der Waals surface area (Å²) in [5, 5.41) is 16.2. The number of amides is 2. The molecule has 29 heavy (non-hydrogen) atoms. The van der Waals surface area contributed by atoms with Gasteiger partial charge in [-0.1, -0.05) is 19.8 Å². The fourth-order valence-electron chi connectivity index (χ4n) is 4.21. The summed E-state index contributed by atoms with van der Waals surface area (Å²) in [6.45, 7) is 5.36. The zero-order valence-corrected chi connectivity index (χ0v) is 18.2. The molecule has 0 unspecified atom stereocenters. The van der Waals surface area contributed by atoms with Gasteiger partial charge in [-0.2, -0.15) is 5.26 Å². The number of fused-ring (bicyclic) bond motifs is 1. The maximum absolute atomic E-state index is 12.4. The second-order valence-corrected chi connectivity index (χ2v) is 9.19. The number of unbranched alkanes of at least 4 members (excludes halogenated alkanes) is 2. The van der Waals surface area contributed by atoms with Crippen LogP contribution in [0.1, 0.15) is 67.9 Å². The van der Waals surface area contributed by atoms with Crippen molar-refractivity contribution in [3.8, 4) is 6.07 Å². The molecule has 1 fully saturated rings. The molecule has 1 aliphatic heterocycles. The number of hydrogen-bond acceptors (Lipinski definition) is 5. The zero-order valence-electron chi connectivity index (χ0n) is 17.4. The summed E-state index contributed by atoms with van der Waals surface area (Å²) in [7, 11) is 0. The van der Waals surface area contributed by atoms with Crippen LogP contribution in [0.2, 0.25) is 0 Å². The molecule has 6 nitrogen and oxygen atoms in total. The van der Waals surface area contributed by atoms with Gasteiger partial charge in [0.15, 0.2) is 0 Å². The third-order valence-electron chi connectivity index (χ3n) is 5.98. The molecule has 0 saturated carbocycles. The number of carbonyl (C=O) groups is 2. The Labute approximate surface area is 177 Å². The fraction of sp³-hybridized carbons (Fsp3) is 0.682. The van der Waals surface area contributed by atoms with Gasteiger partial charge in [0.25, 0.3) is 0 Å². The van der Waals surface area contributed by atoms with Crippen molar-refractivity contribution in [2.24, 2.45) is 5.92 Å². The van der Waals surface area contributed by atoms with Crippen molar-refractivity contribution >= 4 is 28.2 Å². The normalized spacial score (nSPS) is 17.0. The van der Waals surface area contributed by atoms with E-state index in [1.165, 1.54) is 4.88 Å². The van der Waals surface area contributed by atoms with Crippen LogP contribution in [-0.4, -0.2) is 42.9 Å². The van der Waals surface area contributed by atoms with Gasteiger partial charge in [0.05, 0.1) is 5.56 Å². The summed E-state index contributed by atoms with van der Waals surface area (Å²) in [6.07, 6.45) is 8.58. The van der Waals surface area contributed by atoms with E-state index in [0.29, 0.717) is 18.5 Å². The van der Waals surface area contributed by atoms with Crippen molar-refractivity contribution in [3.05, 3.63) is 16.0 Å². The number of thiophene rings is 1. The van der Waals surface area contributed by atoms with Gasteiger partial charge in [-0.15, -0.1) is 11.3 Å². The smallest absolute Gasteiger partial charge is 0.226 e. The van der Waals surface area contributed by atoms with Crippen LogP contribution in [0.15, 0.2) is 0 Å². The third kappa shape index (κ3) is 5.80. The van der Waals surface area contributed by atoms with Crippen LogP contribution in [0, 0.1) is 17.2 Å². The lowest BCUT2D eigenvalue weighted by Crippen LogP contribution is -2.41. The van der Waals surface area contributed by atoms with E-state index >= 15 is 0 Å². The Hall–Kier alpha value is -1.91. The molecule has 1 aromatic rings. The Morgan fingerprint density at radius 2 is 2.03 bits per heavy atom. The van der Waals surface area contributed by atoms with Gasteiger partial charge < -0.3 is 15.5 Å². The van der Waals surface area contributed by atoms with Crippen LogP contribution in [0.3, 0.4) is 0 Å². The van der Waals surface area contributed by atoms with E-state index in [1.54, 1.807) is 11.3 Å². The van der Waals surface area contributed by atoms with Gasteiger partial charge in [-0.25, -0.2) is 0 Å². The van der Waals surface area contributed by atoms with Crippen molar-refractivity contribution in [1.82, 2.24) is 10.2 Å². The Balaban J connectivity index is 1.37. The first-order chi connectivity index (χ1) is 14.1. The van der Waals surface area contributed by atoms with Gasteiger partial charge in [0.2, 0.25) is 11.8 Å². The van der Waals surface area contributed by atoms with Gasteiger partial charge in [0, 0.05) is 30.3 Å². The molecule has 2 heterocycles. The monoisotopic (exact) mass is 416 g/mol. The number of likely N-dealkylation sites (tertiary alicyclic amines) is 1. The largest absolute Gasteiger partial charge is 0.356 e. The molecule has 1 saturated heterocycles. The maximum atomic E-state index is 12.4. The van der Waals surface area contributed by atoms with Gasteiger partial charge in [0.1, 0.15) is 11.1 Å². The van der Waals surface area contributed by atoms with E-state index < -0.39 is 0 Å². The van der Waals surface area contributed by atoms with Gasteiger partial charge in [-0.05, 0) is 57.2 Å². The highest BCUT2D eigenvalue weighted by Gasteiger charge is 2.26. The fourth-order valence-corrected chi connectivity index (χ4v) is 5.46. The second kappa shape index (κ2) is 10.7. The van der Waals surface area contributed by atoms with E-state index in [2.05, 4.69) is 28.5 Å². The minimum atomic E-state index is -0.0304. The molecule has 3 rings (SSSR count). The first-order valence-corrected chi connectivity index (χ1v) is 11.8. The Morgan fingerprint density at radius 3 is 2.76 bits per heavy atom. The van der Waals surface area contributed by atoms with Crippen LogP contribution in [0.4, 0.5) is 5.00 Å². The van der Waals surface area contributed by atoms with Crippen molar-refractivity contribution in [2.75, 3.05) is 31.5 Å². The van der Waals surface area contributed by atoms with E-state index in [0.717, 1.165) is 81.6 Å². The molecule has 1 aliphatic carbocycles. The van der Waals surface area contributed by atoms with Crippen LogP contribution in [0.5, 0.6) is 0 Å². The highest BCUT2D eigenvalue weighted by molar-refractivity contribution is 7.16. The lowest BCUT2D eigenvalue weighted by Gasteiger charge is -2.31. The molecule has 0 atom stereocenters. The number of carbonyl (C=O) groups excluding carboxylic acids is 2. The number of nitrogens with zero attached hydrogens (tertiary/aromatic N) is 2. The van der Waals surface area contributed by atoms with Gasteiger partial charge in [-0.3, -0.25) is 9.59 Å². The van der Waals surface area contributed by atoms with Gasteiger partial charge >= 0.3 is 0 Å². The summed E-state index contributed by atoms with van der Waals surface area (Å²) < 4.78 is 0. The number of nitriles is 1. The molecule has 1 aromatic heterocycles. The molecular weight excluding hydrogens is 384 g/mol.